The van der Waals surface area contributed by atoms with E-state index in [1.165, 1.54) is 0 Å². The summed E-state index contributed by atoms with van der Waals surface area (Å²) in [7, 11) is 0. The highest BCUT2D eigenvalue weighted by Gasteiger charge is 2.12. The molecule has 0 saturated heterocycles. The van der Waals surface area contributed by atoms with Crippen LogP contribution in [0.15, 0.2) is 24.3 Å². The monoisotopic (exact) mass is 263 g/mol. The summed E-state index contributed by atoms with van der Waals surface area (Å²) in [6.07, 6.45) is 0. The van der Waals surface area contributed by atoms with Gasteiger partial charge in [0.1, 0.15) is 0 Å². The standard InChI is InChI=1S/C14H21N3O2/c1-4-17(5-2)14(19)11-6-8-12(9-7-11)16-13(18)10(3)15/h6-10H,4-5,15H2,1-3H3,(H,16,18). The van der Waals surface area contributed by atoms with Gasteiger partial charge in [-0.3, -0.25) is 9.59 Å². The topological polar surface area (TPSA) is 75.4 Å². The number of nitrogens with two attached hydrogens (primary N) is 1. The van der Waals surface area contributed by atoms with Gasteiger partial charge in [-0.2, -0.15) is 0 Å². The SMILES string of the molecule is CCN(CC)C(=O)c1ccc(NC(=O)C(C)N)cc1. The molecular formula is C14H21N3O2. The number of hydrogen-bond acceptors (Lipinski definition) is 3. The molecule has 0 fully saturated rings. The Morgan fingerprint density at radius 2 is 1.74 bits per heavy atom. The van der Waals surface area contributed by atoms with E-state index in [2.05, 4.69) is 5.32 Å². The molecule has 0 spiro atoms. The molecule has 1 aromatic carbocycles. The maximum absolute atomic E-state index is 12.1. The van der Waals surface area contributed by atoms with Gasteiger partial charge in [-0.15, -0.1) is 0 Å². The van der Waals surface area contributed by atoms with Crippen LogP contribution in [0.2, 0.25) is 0 Å². The van der Waals surface area contributed by atoms with Gasteiger partial charge in [0, 0.05) is 24.3 Å². The van der Waals surface area contributed by atoms with Crippen molar-refractivity contribution in [2.75, 3.05) is 18.4 Å². The first-order chi connectivity index (χ1) is 8.99. The minimum absolute atomic E-state index is 0.00457. The van der Waals surface area contributed by atoms with Crippen molar-refractivity contribution in [2.45, 2.75) is 26.8 Å². The number of carbonyl (C=O) groups is 2. The Morgan fingerprint density at radius 3 is 2.16 bits per heavy atom. The van der Waals surface area contributed by atoms with Crippen LogP contribution in [0.5, 0.6) is 0 Å². The molecule has 5 heteroatoms. The lowest BCUT2D eigenvalue weighted by Crippen LogP contribution is -2.32. The van der Waals surface area contributed by atoms with E-state index < -0.39 is 6.04 Å². The summed E-state index contributed by atoms with van der Waals surface area (Å²) in [4.78, 5) is 25.2. The Labute approximate surface area is 113 Å². The van der Waals surface area contributed by atoms with Gasteiger partial charge in [-0.25, -0.2) is 0 Å². The van der Waals surface area contributed by atoms with Crippen LogP contribution < -0.4 is 11.1 Å². The van der Waals surface area contributed by atoms with Gasteiger partial charge in [-0.05, 0) is 45.0 Å². The number of nitrogens with zero attached hydrogens (tertiary/aromatic N) is 1. The predicted molar refractivity (Wildman–Crippen MR) is 76.0 cm³/mol. The molecule has 104 valence electrons. The van der Waals surface area contributed by atoms with Crippen molar-refractivity contribution in [1.82, 2.24) is 4.90 Å². The molecule has 0 heterocycles. The first-order valence-corrected chi connectivity index (χ1v) is 6.45. The van der Waals surface area contributed by atoms with Crippen LogP contribution in [0, 0.1) is 0 Å². The van der Waals surface area contributed by atoms with Crippen molar-refractivity contribution in [3.05, 3.63) is 29.8 Å². The third kappa shape index (κ3) is 4.06. The summed E-state index contributed by atoms with van der Waals surface area (Å²) in [6, 6.07) is 6.26. The predicted octanol–water partition coefficient (Wildman–Crippen LogP) is 1.45. The van der Waals surface area contributed by atoms with E-state index in [0.717, 1.165) is 0 Å². The van der Waals surface area contributed by atoms with Crippen molar-refractivity contribution in [2.24, 2.45) is 5.73 Å². The fourth-order valence-corrected chi connectivity index (χ4v) is 1.65. The van der Waals surface area contributed by atoms with E-state index in [0.29, 0.717) is 24.3 Å². The molecule has 2 amide bonds. The maximum Gasteiger partial charge on any atom is 0.253 e. The summed E-state index contributed by atoms with van der Waals surface area (Å²) in [5.74, 6) is -0.252. The van der Waals surface area contributed by atoms with Crippen molar-refractivity contribution < 1.29 is 9.59 Å². The molecule has 0 aliphatic heterocycles. The van der Waals surface area contributed by atoms with Crippen LogP contribution in [0.1, 0.15) is 31.1 Å². The van der Waals surface area contributed by atoms with Gasteiger partial charge in [0.15, 0.2) is 0 Å². The summed E-state index contributed by atoms with van der Waals surface area (Å²) >= 11 is 0. The lowest BCUT2D eigenvalue weighted by molar-refractivity contribution is -0.117. The lowest BCUT2D eigenvalue weighted by atomic mass is 10.1. The molecule has 1 unspecified atom stereocenters. The van der Waals surface area contributed by atoms with Gasteiger partial charge < -0.3 is 16.0 Å². The highest BCUT2D eigenvalue weighted by molar-refractivity contribution is 5.96. The Hall–Kier alpha value is -1.88. The molecule has 0 aromatic heterocycles. The van der Waals surface area contributed by atoms with Crippen LogP contribution in [0.3, 0.4) is 0 Å². The van der Waals surface area contributed by atoms with Gasteiger partial charge >= 0.3 is 0 Å². The van der Waals surface area contributed by atoms with Crippen LogP contribution in [-0.2, 0) is 4.79 Å². The third-order valence-corrected chi connectivity index (χ3v) is 2.86. The summed E-state index contributed by atoms with van der Waals surface area (Å²) in [6.45, 7) is 6.86. The Balaban J connectivity index is 2.76. The molecule has 1 aromatic rings. The number of amides is 2. The minimum Gasteiger partial charge on any atom is -0.339 e. The van der Waals surface area contributed by atoms with E-state index >= 15 is 0 Å². The number of hydrogen-bond donors (Lipinski definition) is 2. The Morgan fingerprint density at radius 1 is 1.21 bits per heavy atom. The van der Waals surface area contributed by atoms with E-state index in [4.69, 9.17) is 5.73 Å². The molecule has 0 bridgehead atoms. The molecule has 5 nitrogen and oxygen atoms in total. The average Bonchev–Trinajstić information content (AvgIpc) is 2.40. The largest absolute Gasteiger partial charge is 0.339 e. The molecule has 0 radical (unpaired) electrons. The highest BCUT2D eigenvalue weighted by Crippen LogP contribution is 2.11. The quantitative estimate of drug-likeness (QED) is 0.844. The van der Waals surface area contributed by atoms with Crippen LogP contribution >= 0.6 is 0 Å². The minimum atomic E-state index is -0.558. The number of benzene rings is 1. The average molecular weight is 263 g/mol. The Kier molecular flexibility index (Phi) is 5.51. The zero-order valence-corrected chi connectivity index (χ0v) is 11.6. The summed E-state index contributed by atoms with van der Waals surface area (Å²) < 4.78 is 0. The van der Waals surface area contributed by atoms with E-state index in [9.17, 15) is 9.59 Å². The molecule has 3 N–H and O–H groups in total. The maximum atomic E-state index is 12.1. The van der Waals surface area contributed by atoms with Crippen LogP contribution in [0.25, 0.3) is 0 Å². The number of anilines is 1. The van der Waals surface area contributed by atoms with Crippen molar-refractivity contribution in [3.63, 3.8) is 0 Å². The highest BCUT2D eigenvalue weighted by atomic mass is 16.2. The fourth-order valence-electron chi connectivity index (χ4n) is 1.65. The summed E-state index contributed by atoms with van der Waals surface area (Å²) in [5.41, 5.74) is 6.72. The molecule has 1 rings (SSSR count). The third-order valence-electron chi connectivity index (χ3n) is 2.86. The van der Waals surface area contributed by atoms with Crippen LogP contribution in [0.4, 0.5) is 5.69 Å². The van der Waals surface area contributed by atoms with Crippen LogP contribution in [-0.4, -0.2) is 35.8 Å². The smallest absolute Gasteiger partial charge is 0.253 e. The van der Waals surface area contributed by atoms with Crippen molar-refractivity contribution in [1.29, 1.82) is 0 Å². The number of nitrogens with one attached hydrogen (secondary N) is 1. The van der Waals surface area contributed by atoms with Gasteiger partial charge in [0.2, 0.25) is 5.91 Å². The molecule has 1 atom stereocenters. The molecule has 0 saturated carbocycles. The van der Waals surface area contributed by atoms with Gasteiger partial charge in [0.05, 0.1) is 6.04 Å². The number of carbonyl (C=O) groups excluding carboxylic acids is 2. The first-order valence-electron chi connectivity index (χ1n) is 6.45. The normalized spacial score (nSPS) is 11.8. The zero-order chi connectivity index (χ0) is 14.4. The second-order valence-electron chi connectivity index (χ2n) is 4.33. The zero-order valence-electron chi connectivity index (χ0n) is 11.6. The van der Waals surface area contributed by atoms with E-state index in [1.54, 1.807) is 36.1 Å². The van der Waals surface area contributed by atoms with E-state index in [1.807, 2.05) is 13.8 Å². The van der Waals surface area contributed by atoms with Crippen molar-refractivity contribution in [3.8, 4) is 0 Å². The van der Waals surface area contributed by atoms with E-state index in [-0.39, 0.29) is 11.8 Å². The summed E-state index contributed by atoms with van der Waals surface area (Å²) in [5, 5.41) is 2.68. The second kappa shape index (κ2) is 6.89. The Bertz CT molecular complexity index is 437. The van der Waals surface area contributed by atoms with Gasteiger partial charge in [-0.1, -0.05) is 0 Å². The first kappa shape index (κ1) is 15.2. The lowest BCUT2D eigenvalue weighted by Gasteiger charge is -2.18. The molecule has 0 aliphatic rings. The van der Waals surface area contributed by atoms with Crippen molar-refractivity contribution >= 4 is 17.5 Å². The second-order valence-corrected chi connectivity index (χ2v) is 4.33. The van der Waals surface area contributed by atoms with Gasteiger partial charge in [0.25, 0.3) is 5.91 Å². The molecular weight excluding hydrogens is 242 g/mol. The number of rotatable bonds is 5. The molecule has 19 heavy (non-hydrogen) atoms. The fraction of sp³-hybridized carbons (Fsp3) is 0.429. The molecule has 0 aliphatic carbocycles.